The quantitative estimate of drug-likeness (QED) is 0.260. The van der Waals surface area contributed by atoms with Gasteiger partial charge in [-0.2, -0.15) is 17.7 Å². The van der Waals surface area contributed by atoms with Crippen molar-refractivity contribution in [2.75, 3.05) is 0 Å². The normalized spacial score (nSPS) is 12.2. The van der Waals surface area contributed by atoms with Crippen LogP contribution in [-0.2, 0) is 6.54 Å². The SMILES string of the molecule is SC(CCCCCn1cccn1)c1nc(-c2ccccc2)c(-c2ccccc2)[nH]1. The van der Waals surface area contributed by atoms with Crippen LogP contribution in [0.25, 0.3) is 22.5 Å². The molecule has 0 saturated heterocycles. The molecular formula is C24H26N4S. The predicted molar refractivity (Wildman–Crippen MR) is 122 cm³/mol. The highest BCUT2D eigenvalue weighted by Crippen LogP contribution is 2.34. The Kier molecular flexibility index (Phi) is 6.47. The number of aromatic nitrogens is 4. The second-order valence-corrected chi connectivity index (χ2v) is 7.84. The fraction of sp³-hybridized carbons (Fsp3) is 0.250. The number of H-pyrrole nitrogens is 1. The largest absolute Gasteiger partial charge is 0.341 e. The Hall–Kier alpha value is -2.79. The maximum absolute atomic E-state index is 4.95. The number of unbranched alkanes of at least 4 members (excludes halogenated alkanes) is 2. The third kappa shape index (κ3) is 4.98. The van der Waals surface area contributed by atoms with Gasteiger partial charge in [-0.25, -0.2) is 4.98 Å². The van der Waals surface area contributed by atoms with Crippen molar-refractivity contribution in [3.05, 3.63) is 84.9 Å². The molecule has 4 rings (SSSR count). The monoisotopic (exact) mass is 402 g/mol. The fourth-order valence-corrected chi connectivity index (χ4v) is 3.83. The summed E-state index contributed by atoms with van der Waals surface area (Å²) >= 11 is 4.86. The highest BCUT2D eigenvalue weighted by Gasteiger charge is 2.17. The Bertz CT molecular complexity index is 937. The molecule has 0 spiro atoms. The summed E-state index contributed by atoms with van der Waals surface area (Å²) < 4.78 is 1.99. The molecule has 0 bridgehead atoms. The van der Waals surface area contributed by atoms with E-state index in [9.17, 15) is 0 Å². The summed E-state index contributed by atoms with van der Waals surface area (Å²) in [4.78, 5) is 8.51. The molecule has 29 heavy (non-hydrogen) atoms. The molecule has 1 unspecified atom stereocenters. The summed E-state index contributed by atoms with van der Waals surface area (Å²) in [6, 6.07) is 22.7. The molecule has 4 aromatic rings. The number of hydrogen-bond acceptors (Lipinski definition) is 3. The van der Waals surface area contributed by atoms with Gasteiger partial charge in [0.15, 0.2) is 0 Å². The van der Waals surface area contributed by atoms with Gasteiger partial charge in [-0.1, -0.05) is 73.5 Å². The second-order valence-electron chi connectivity index (χ2n) is 7.21. The zero-order valence-corrected chi connectivity index (χ0v) is 17.3. The van der Waals surface area contributed by atoms with Crippen molar-refractivity contribution < 1.29 is 0 Å². The highest BCUT2D eigenvalue weighted by molar-refractivity contribution is 7.80. The Labute approximate surface area is 177 Å². The van der Waals surface area contributed by atoms with E-state index >= 15 is 0 Å². The zero-order chi connectivity index (χ0) is 19.9. The van der Waals surface area contributed by atoms with Gasteiger partial charge in [0.25, 0.3) is 0 Å². The molecule has 0 aliphatic heterocycles. The van der Waals surface area contributed by atoms with E-state index in [1.165, 1.54) is 0 Å². The average Bonchev–Trinajstić information content (AvgIpc) is 3.45. The average molecular weight is 403 g/mol. The first kappa shape index (κ1) is 19.5. The van der Waals surface area contributed by atoms with E-state index < -0.39 is 0 Å². The summed E-state index contributed by atoms with van der Waals surface area (Å²) in [6.45, 7) is 0.974. The number of benzene rings is 2. The highest BCUT2D eigenvalue weighted by atomic mass is 32.1. The van der Waals surface area contributed by atoms with E-state index in [2.05, 4.69) is 58.6 Å². The number of imidazole rings is 1. The van der Waals surface area contributed by atoms with Gasteiger partial charge in [0.2, 0.25) is 0 Å². The number of nitrogens with one attached hydrogen (secondary N) is 1. The first-order valence-corrected chi connectivity index (χ1v) is 10.7. The van der Waals surface area contributed by atoms with Crippen LogP contribution in [0.4, 0.5) is 0 Å². The third-order valence-electron chi connectivity index (χ3n) is 5.07. The smallest absolute Gasteiger partial charge is 0.120 e. The molecule has 5 heteroatoms. The van der Waals surface area contributed by atoms with Gasteiger partial charge in [-0.05, 0) is 18.9 Å². The number of nitrogens with zero attached hydrogens (tertiary/aromatic N) is 3. The van der Waals surface area contributed by atoms with Gasteiger partial charge >= 0.3 is 0 Å². The Morgan fingerprint density at radius 1 is 0.862 bits per heavy atom. The van der Waals surface area contributed by atoms with Gasteiger partial charge < -0.3 is 4.98 Å². The molecule has 2 aromatic heterocycles. The van der Waals surface area contributed by atoms with Crippen LogP contribution in [0.1, 0.15) is 36.8 Å². The minimum absolute atomic E-state index is 0.0969. The summed E-state index contributed by atoms with van der Waals surface area (Å²) in [7, 11) is 0. The van der Waals surface area contributed by atoms with Crippen LogP contribution in [0.5, 0.6) is 0 Å². The minimum atomic E-state index is 0.0969. The van der Waals surface area contributed by atoms with E-state index in [4.69, 9.17) is 17.6 Å². The summed E-state index contributed by atoms with van der Waals surface area (Å²) in [5, 5.41) is 4.35. The lowest BCUT2D eigenvalue weighted by Gasteiger charge is -2.08. The first-order valence-electron chi connectivity index (χ1n) is 10.2. The van der Waals surface area contributed by atoms with E-state index in [0.717, 1.165) is 60.6 Å². The van der Waals surface area contributed by atoms with Crippen molar-refractivity contribution in [1.82, 2.24) is 19.7 Å². The topological polar surface area (TPSA) is 46.5 Å². The summed E-state index contributed by atoms with van der Waals surface area (Å²) in [5.74, 6) is 0.943. The van der Waals surface area contributed by atoms with E-state index in [1.54, 1.807) is 0 Å². The van der Waals surface area contributed by atoms with Crippen LogP contribution < -0.4 is 0 Å². The molecule has 0 radical (unpaired) electrons. The molecule has 0 amide bonds. The summed E-state index contributed by atoms with van der Waals surface area (Å²) in [6.07, 6.45) is 8.25. The molecule has 0 saturated carbocycles. The van der Waals surface area contributed by atoms with Crippen molar-refractivity contribution in [3.63, 3.8) is 0 Å². The third-order valence-corrected chi connectivity index (χ3v) is 5.57. The van der Waals surface area contributed by atoms with Gasteiger partial charge in [0.1, 0.15) is 5.82 Å². The van der Waals surface area contributed by atoms with Crippen molar-refractivity contribution in [2.24, 2.45) is 0 Å². The van der Waals surface area contributed by atoms with Gasteiger partial charge in [0.05, 0.1) is 16.6 Å². The molecule has 1 atom stereocenters. The lowest BCUT2D eigenvalue weighted by Crippen LogP contribution is -1.99. The zero-order valence-electron chi connectivity index (χ0n) is 16.4. The van der Waals surface area contributed by atoms with Crippen LogP contribution in [0.2, 0.25) is 0 Å². The van der Waals surface area contributed by atoms with Crippen molar-refractivity contribution in [2.45, 2.75) is 37.5 Å². The first-order chi connectivity index (χ1) is 14.3. The summed E-state index contributed by atoms with van der Waals surface area (Å²) in [5.41, 5.74) is 4.31. The number of thiol groups is 1. The molecule has 0 aliphatic carbocycles. The second kappa shape index (κ2) is 9.61. The fourth-order valence-electron chi connectivity index (χ4n) is 3.53. The van der Waals surface area contributed by atoms with Crippen molar-refractivity contribution >= 4 is 12.6 Å². The number of rotatable bonds is 9. The van der Waals surface area contributed by atoms with E-state index in [-0.39, 0.29) is 5.25 Å². The lowest BCUT2D eigenvalue weighted by molar-refractivity contribution is 0.532. The van der Waals surface area contributed by atoms with Crippen LogP contribution in [0, 0.1) is 0 Å². The molecule has 2 aromatic carbocycles. The van der Waals surface area contributed by atoms with Crippen molar-refractivity contribution in [1.29, 1.82) is 0 Å². The maximum atomic E-state index is 4.95. The van der Waals surface area contributed by atoms with Crippen LogP contribution in [0.3, 0.4) is 0 Å². The number of aryl methyl sites for hydroxylation is 1. The number of hydrogen-bond donors (Lipinski definition) is 2. The molecule has 0 fully saturated rings. The molecule has 1 N–H and O–H groups in total. The maximum Gasteiger partial charge on any atom is 0.120 e. The van der Waals surface area contributed by atoms with Gasteiger partial charge in [-0.15, -0.1) is 0 Å². The minimum Gasteiger partial charge on any atom is -0.341 e. The molecule has 2 heterocycles. The predicted octanol–water partition coefficient (Wildman–Crippen LogP) is 6.17. The molecular weight excluding hydrogens is 376 g/mol. The van der Waals surface area contributed by atoms with E-state index in [0.29, 0.717) is 0 Å². The standard InChI is InChI=1S/C24H26N4S/c29-21(15-8-3-9-17-28-18-10-16-25-28)24-26-22(19-11-4-1-5-12-19)23(27-24)20-13-6-2-7-14-20/h1-2,4-7,10-14,16,18,21,29H,3,8-9,15,17H2,(H,26,27). The Morgan fingerprint density at radius 3 is 2.28 bits per heavy atom. The Morgan fingerprint density at radius 2 is 1.59 bits per heavy atom. The molecule has 148 valence electrons. The van der Waals surface area contributed by atoms with Gasteiger partial charge in [0, 0.05) is 30.1 Å². The van der Waals surface area contributed by atoms with E-state index in [1.807, 2.05) is 35.3 Å². The van der Waals surface area contributed by atoms with Gasteiger partial charge in [-0.3, -0.25) is 4.68 Å². The Balaban J connectivity index is 1.45. The molecule has 0 aliphatic rings. The lowest BCUT2D eigenvalue weighted by atomic mass is 10.1. The van der Waals surface area contributed by atoms with Crippen LogP contribution >= 0.6 is 12.6 Å². The van der Waals surface area contributed by atoms with Crippen LogP contribution in [-0.4, -0.2) is 19.7 Å². The molecule has 4 nitrogen and oxygen atoms in total. The van der Waals surface area contributed by atoms with Crippen LogP contribution in [0.15, 0.2) is 79.1 Å². The number of aromatic amines is 1. The van der Waals surface area contributed by atoms with Crippen molar-refractivity contribution in [3.8, 4) is 22.5 Å².